The van der Waals surface area contributed by atoms with Crippen LogP contribution >= 0.6 is 0 Å². The molecule has 0 unspecified atom stereocenters. The van der Waals surface area contributed by atoms with Gasteiger partial charge in [0.1, 0.15) is 11.3 Å². The lowest BCUT2D eigenvalue weighted by atomic mass is 10.0. The van der Waals surface area contributed by atoms with Gasteiger partial charge in [0.2, 0.25) is 0 Å². The zero-order chi connectivity index (χ0) is 15.4. The Balaban J connectivity index is 2.48. The van der Waals surface area contributed by atoms with Gasteiger partial charge in [-0.25, -0.2) is 0 Å². The number of nitro benzene ring substituents is 1. The number of benzene rings is 1. The molecule has 0 N–H and O–H groups in total. The van der Waals surface area contributed by atoms with E-state index in [1.54, 1.807) is 0 Å². The second kappa shape index (κ2) is 6.04. The summed E-state index contributed by atoms with van der Waals surface area (Å²) in [6.07, 6.45) is 2.69. The molecule has 0 bridgehead atoms. The molecule has 1 heterocycles. The van der Waals surface area contributed by atoms with Crippen molar-refractivity contribution in [2.24, 2.45) is 0 Å². The third kappa shape index (κ3) is 3.35. The predicted octanol–water partition coefficient (Wildman–Crippen LogP) is 2.82. The SMILES string of the molecule is O=C(c1ccncc1)c1cc(OC(F)F)ccc1[N+](=O)[O-]. The van der Waals surface area contributed by atoms with Gasteiger partial charge in [0.05, 0.1) is 4.92 Å². The van der Waals surface area contributed by atoms with Crippen molar-refractivity contribution in [2.45, 2.75) is 6.61 Å². The molecule has 0 aliphatic carbocycles. The van der Waals surface area contributed by atoms with Crippen LogP contribution in [0.2, 0.25) is 0 Å². The molecule has 8 heteroatoms. The highest BCUT2D eigenvalue weighted by Crippen LogP contribution is 2.27. The van der Waals surface area contributed by atoms with Crippen molar-refractivity contribution < 1.29 is 23.2 Å². The van der Waals surface area contributed by atoms with Crippen LogP contribution in [0.1, 0.15) is 15.9 Å². The Kier molecular flexibility index (Phi) is 4.17. The van der Waals surface area contributed by atoms with Gasteiger partial charge in [-0.15, -0.1) is 0 Å². The molecule has 0 saturated heterocycles. The number of carbonyl (C=O) groups is 1. The highest BCUT2D eigenvalue weighted by atomic mass is 19.3. The van der Waals surface area contributed by atoms with Crippen LogP contribution in [0.25, 0.3) is 0 Å². The summed E-state index contributed by atoms with van der Waals surface area (Å²) < 4.78 is 28.5. The van der Waals surface area contributed by atoms with E-state index in [0.29, 0.717) is 0 Å². The van der Waals surface area contributed by atoms with E-state index in [4.69, 9.17) is 0 Å². The summed E-state index contributed by atoms with van der Waals surface area (Å²) in [4.78, 5) is 26.1. The van der Waals surface area contributed by atoms with E-state index in [1.165, 1.54) is 24.5 Å². The number of aromatic nitrogens is 1. The number of ether oxygens (including phenoxy) is 1. The maximum Gasteiger partial charge on any atom is 0.387 e. The molecule has 0 amide bonds. The number of nitro groups is 1. The van der Waals surface area contributed by atoms with E-state index in [9.17, 15) is 23.7 Å². The van der Waals surface area contributed by atoms with E-state index in [1.807, 2.05) is 0 Å². The molecule has 0 atom stereocenters. The number of hydrogen-bond donors (Lipinski definition) is 0. The quantitative estimate of drug-likeness (QED) is 0.481. The Hall–Kier alpha value is -2.90. The molecule has 2 rings (SSSR count). The minimum absolute atomic E-state index is 0.155. The van der Waals surface area contributed by atoms with Crippen molar-refractivity contribution >= 4 is 11.5 Å². The van der Waals surface area contributed by atoms with Crippen molar-refractivity contribution in [1.29, 1.82) is 0 Å². The molecule has 0 fully saturated rings. The van der Waals surface area contributed by atoms with E-state index < -0.39 is 23.0 Å². The number of rotatable bonds is 5. The van der Waals surface area contributed by atoms with Crippen LogP contribution < -0.4 is 4.74 Å². The lowest BCUT2D eigenvalue weighted by molar-refractivity contribution is -0.385. The van der Waals surface area contributed by atoms with Crippen LogP contribution in [-0.2, 0) is 0 Å². The number of nitrogens with zero attached hydrogens (tertiary/aromatic N) is 2. The van der Waals surface area contributed by atoms with E-state index in [2.05, 4.69) is 9.72 Å². The van der Waals surface area contributed by atoms with Crippen LogP contribution in [0, 0.1) is 10.1 Å². The van der Waals surface area contributed by atoms with Gasteiger partial charge in [-0.2, -0.15) is 8.78 Å². The van der Waals surface area contributed by atoms with E-state index in [-0.39, 0.29) is 16.9 Å². The minimum atomic E-state index is -3.09. The fourth-order valence-corrected chi connectivity index (χ4v) is 1.69. The highest BCUT2D eigenvalue weighted by molar-refractivity contribution is 6.11. The van der Waals surface area contributed by atoms with Gasteiger partial charge in [-0.05, 0) is 24.3 Å². The largest absolute Gasteiger partial charge is 0.435 e. The zero-order valence-electron chi connectivity index (χ0n) is 10.4. The van der Waals surface area contributed by atoms with Crippen molar-refractivity contribution in [3.8, 4) is 5.75 Å². The maximum atomic E-state index is 12.2. The zero-order valence-corrected chi connectivity index (χ0v) is 10.4. The van der Waals surface area contributed by atoms with Crippen molar-refractivity contribution in [2.75, 3.05) is 0 Å². The summed E-state index contributed by atoms with van der Waals surface area (Å²) in [5.74, 6) is -1.00. The minimum Gasteiger partial charge on any atom is -0.435 e. The van der Waals surface area contributed by atoms with Gasteiger partial charge in [-0.1, -0.05) is 0 Å². The first-order valence-electron chi connectivity index (χ1n) is 5.67. The number of carbonyl (C=O) groups excluding carboxylic acids is 1. The summed E-state index contributed by atoms with van der Waals surface area (Å²) in [5, 5.41) is 10.9. The Labute approximate surface area is 117 Å². The molecule has 0 radical (unpaired) electrons. The molecule has 108 valence electrons. The number of ketones is 1. The monoisotopic (exact) mass is 294 g/mol. The van der Waals surface area contributed by atoms with Crippen LogP contribution in [0.15, 0.2) is 42.7 Å². The van der Waals surface area contributed by atoms with E-state index in [0.717, 1.165) is 18.2 Å². The first-order chi connectivity index (χ1) is 9.99. The lowest BCUT2D eigenvalue weighted by Crippen LogP contribution is -2.08. The summed E-state index contributed by atoms with van der Waals surface area (Å²) in [6.45, 7) is -3.09. The van der Waals surface area contributed by atoms with Gasteiger partial charge in [0.15, 0.2) is 5.78 Å². The molecular weight excluding hydrogens is 286 g/mol. The topological polar surface area (TPSA) is 82.3 Å². The van der Waals surface area contributed by atoms with Crippen LogP contribution in [0.3, 0.4) is 0 Å². The highest BCUT2D eigenvalue weighted by Gasteiger charge is 2.23. The molecule has 1 aromatic carbocycles. The smallest absolute Gasteiger partial charge is 0.387 e. The molecule has 0 aliphatic rings. The molecule has 0 aliphatic heterocycles. The normalized spacial score (nSPS) is 10.4. The number of pyridine rings is 1. The maximum absolute atomic E-state index is 12.2. The Bertz CT molecular complexity index is 677. The number of halogens is 2. The predicted molar refractivity (Wildman–Crippen MR) is 67.4 cm³/mol. The van der Waals surface area contributed by atoms with Crippen molar-refractivity contribution in [1.82, 2.24) is 4.98 Å². The Morgan fingerprint density at radius 3 is 2.48 bits per heavy atom. The van der Waals surface area contributed by atoms with E-state index >= 15 is 0 Å². The Morgan fingerprint density at radius 1 is 1.24 bits per heavy atom. The average molecular weight is 294 g/mol. The molecule has 1 aromatic heterocycles. The fraction of sp³-hybridized carbons (Fsp3) is 0.0769. The van der Waals surface area contributed by atoms with Gasteiger partial charge in [0.25, 0.3) is 5.69 Å². The van der Waals surface area contributed by atoms with Crippen molar-refractivity contribution in [3.63, 3.8) is 0 Å². The average Bonchev–Trinajstić information content (AvgIpc) is 2.46. The summed E-state index contributed by atoms with van der Waals surface area (Å²) in [5.41, 5.74) is -0.662. The molecule has 2 aromatic rings. The number of alkyl halides is 2. The third-order valence-corrected chi connectivity index (χ3v) is 2.58. The summed E-state index contributed by atoms with van der Waals surface area (Å²) in [6, 6.07) is 5.62. The first kappa shape index (κ1) is 14.5. The van der Waals surface area contributed by atoms with Gasteiger partial charge >= 0.3 is 6.61 Å². The standard InChI is InChI=1S/C13H8F2N2O4/c14-13(15)21-9-1-2-11(17(19)20)10(7-9)12(18)8-3-5-16-6-4-8/h1-7,13H. The molecule has 21 heavy (non-hydrogen) atoms. The van der Waals surface area contributed by atoms with Crippen LogP contribution in [-0.4, -0.2) is 22.3 Å². The summed E-state index contributed by atoms with van der Waals surface area (Å²) in [7, 11) is 0. The van der Waals surface area contributed by atoms with Crippen molar-refractivity contribution in [3.05, 3.63) is 64.0 Å². The second-order valence-corrected chi connectivity index (χ2v) is 3.88. The Morgan fingerprint density at radius 2 is 1.90 bits per heavy atom. The second-order valence-electron chi connectivity index (χ2n) is 3.88. The lowest BCUT2D eigenvalue weighted by Gasteiger charge is -2.07. The third-order valence-electron chi connectivity index (χ3n) is 2.58. The molecular formula is C13H8F2N2O4. The molecule has 6 nitrogen and oxygen atoms in total. The number of hydrogen-bond acceptors (Lipinski definition) is 5. The molecule has 0 saturated carbocycles. The van der Waals surface area contributed by atoms with Gasteiger partial charge in [-0.3, -0.25) is 19.9 Å². The van der Waals surface area contributed by atoms with Crippen LogP contribution in [0.4, 0.5) is 14.5 Å². The molecule has 0 spiro atoms. The van der Waals surface area contributed by atoms with Gasteiger partial charge < -0.3 is 4.74 Å². The van der Waals surface area contributed by atoms with Crippen LogP contribution in [0.5, 0.6) is 5.75 Å². The summed E-state index contributed by atoms with van der Waals surface area (Å²) >= 11 is 0. The fourth-order valence-electron chi connectivity index (χ4n) is 1.69. The first-order valence-corrected chi connectivity index (χ1v) is 5.67. The van der Waals surface area contributed by atoms with Gasteiger partial charge in [0, 0.05) is 24.0 Å².